The molecule has 2 aliphatic rings. The smallest absolute Gasteiger partial charge is 0.327 e. The molecule has 1 saturated carbocycles. The molecule has 1 fully saturated rings. The summed E-state index contributed by atoms with van der Waals surface area (Å²) in [5.74, 6) is -2.40. The maximum Gasteiger partial charge on any atom is 0.327 e. The Morgan fingerprint density at radius 1 is 1.07 bits per heavy atom. The Labute approximate surface area is 173 Å². The summed E-state index contributed by atoms with van der Waals surface area (Å²) in [6, 6.07) is 9.70. The minimum absolute atomic E-state index is 0.0478. The van der Waals surface area contributed by atoms with Gasteiger partial charge in [-0.05, 0) is 31.0 Å². The number of hydrogen-bond donors (Lipinski definition) is 1. The van der Waals surface area contributed by atoms with Crippen LogP contribution >= 0.6 is 0 Å². The van der Waals surface area contributed by atoms with Crippen LogP contribution in [-0.2, 0) is 14.3 Å². The predicted molar refractivity (Wildman–Crippen MR) is 105 cm³/mol. The molecule has 30 heavy (non-hydrogen) atoms. The number of rotatable bonds is 6. The number of carbonyl (C=O) groups excluding carboxylic acids is 4. The van der Waals surface area contributed by atoms with Gasteiger partial charge in [-0.25, -0.2) is 0 Å². The Hall–Kier alpha value is -3.55. The van der Waals surface area contributed by atoms with Crippen molar-refractivity contribution in [3.8, 4) is 0 Å². The van der Waals surface area contributed by atoms with E-state index in [2.05, 4.69) is 10.3 Å². The summed E-state index contributed by atoms with van der Waals surface area (Å²) in [5.41, 5.74) is 0.917. The van der Waals surface area contributed by atoms with Crippen molar-refractivity contribution >= 4 is 23.7 Å². The van der Waals surface area contributed by atoms with Crippen LogP contribution in [0.3, 0.4) is 0 Å². The number of imide groups is 1. The van der Waals surface area contributed by atoms with Crippen LogP contribution in [0.15, 0.2) is 48.8 Å². The maximum atomic E-state index is 12.8. The van der Waals surface area contributed by atoms with Crippen molar-refractivity contribution in [3.05, 3.63) is 65.5 Å². The molecule has 1 atom stereocenters. The van der Waals surface area contributed by atoms with Crippen LogP contribution in [0.4, 0.5) is 0 Å². The van der Waals surface area contributed by atoms with Crippen LogP contribution in [0.1, 0.15) is 58.1 Å². The summed E-state index contributed by atoms with van der Waals surface area (Å²) >= 11 is 0. The number of pyridine rings is 1. The average molecular weight is 407 g/mol. The second-order valence-corrected chi connectivity index (χ2v) is 7.39. The molecule has 4 rings (SSSR count). The van der Waals surface area contributed by atoms with Crippen LogP contribution < -0.4 is 5.32 Å². The van der Waals surface area contributed by atoms with Gasteiger partial charge in [-0.2, -0.15) is 0 Å². The van der Waals surface area contributed by atoms with E-state index in [4.69, 9.17) is 4.74 Å². The number of benzene rings is 1. The zero-order valence-electron chi connectivity index (χ0n) is 16.2. The topological polar surface area (TPSA) is 106 Å². The van der Waals surface area contributed by atoms with Gasteiger partial charge < -0.3 is 10.1 Å². The molecule has 0 unspecified atom stereocenters. The molecule has 3 amide bonds. The van der Waals surface area contributed by atoms with Crippen molar-refractivity contribution in [1.29, 1.82) is 0 Å². The second kappa shape index (κ2) is 8.44. The first-order valence-corrected chi connectivity index (χ1v) is 9.89. The third-order valence-electron chi connectivity index (χ3n) is 5.34. The molecular weight excluding hydrogens is 386 g/mol. The van der Waals surface area contributed by atoms with Crippen molar-refractivity contribution in [3.63, 3.8) is 0 Å². The van der Waals surface area contributed by atoms with Gasteiger partial charge in [-0.15, -0.1) is 0 Å². The maximum absolute atomic E-state index is 12.8. The first-order valence-electron chi connectivity index (χ1n) is 9.89. The molecule has 0 radical (unpaired) electrons. The van der Waals surface area contributed by atoms with Crippen molar-refractivity contribution in [2.45, 2.75) is 37.8 Å². The molecule has 2 aromatic rings. The molecule has 0 saturated heterocycles. The van der Waals surface area contributed by atoms with Crippen LogP contribution in [-0.4, -0.2) is 46.2 Å². The van der Waals surface area contributed by atoms with Gasteiger partial charge >= 0.3 is 5.97 Å². The van der Waals surface area contributed by atoms with E-state index in [-0.39, 0.29) is 17.2 Å². The highest BCUT2D eigenvalue weighted by Crippen LogP contribution is 2.24. The Kier molecular flexibility index (Phi) is 5.56. The minimum Gasteiger partial charge on any atom is -0.446 e. The normalized spacial score (nSPS) is 17.0. The molecule has 1 N–H and O–H groups in total. The summed E-state index contributed by atoms with van der Waals surface area (Å²) in [7, 11) is 0. The summed E-state index contributed by atoms with van der Waals surface area (Å²) in [4.78, 5) is 55.2. The first-order chi connectivity index (χ1) is 14.5. The van der Waals surface area contributed by atoms with E-state index in [1.54, 1.807) is 30.5 Å². The van der Waals surface area contributed by atoms with Crippen molar-refractivity contribution in [1.82, 2.24) is 15.2 Å². The third-order valence-corrected chi connectivity index (χ3v) is 5.34. The molecule has 1 aromatic heterocycles. The average Bonchev–Trinajstić information content (AvgIpc) is 3.35. The Balaban J connectivity index is 1.47. The molecule has 8 heteroatoms. The number of ether oxygens (including phenoxy) is 1. The van der Waals surface area contributed by atoms with Crippen LogP contribution in [0.2, 0.25) is 0 Å². The monoisotopic (exact) mass is 407 g/mol. The number of nitrogens with zero attached hydrogens (tertiary/aromatic N) is 2. The summed E-state index contributed by atoms with van der Waals surface area (Å²) in [6.45, 7) is -0.570. The highest BCUT2D eigenvalue weighted by Gasteiger charge is 2.37. The number of aromatic nitrogens is 1. The highest BCUT2D eigenvalue weighted by molar-refractivity contribution is 6.22. The summed E-state index contributed by atoms with van der Waals surface area (Å²) < 4.78 is 5.43. The summed E-state index contributed by atoms with van der Waals surface area (Å²) in [5, 5.41) is 2.92. The molecular formula is C22H21N3O5. The van der Waals surface area contributed by atoms with E-state index in [1.807, 2.05) is 0 Å². The van der Waals surface area contributed by atoms with E-state index >= 15 is 0 Å². The van der Waals surface area contributed by atoms with Gasteiger partial charge in [-0.3, -0.25) is 29.1 Å². The SMILES string of the molecule is O=C(CN1C(=O)c2ccccc2C1=O)O[C@@H](C(=O)NC1CCCC1)c1cccnc1. The molecule has 1 aliphatic heterocycles. The Morgan fingerprint density at radius 3 is 2.33 bits per heavy atom. The first kappa shape index (κ1) is 19.8. The van der Waals surface area contributed by atoms with E-state index in [0.29, 0.717) is 5.56 Å². The van der Waals surface area contributed by atoms with Gasteiger partial charge in [0, 0.05) is 24.0 Å². The zero-order chi connectivity index (χ0) is 21.1. The van der Waals surface area contributed by atoms with Gasteiger partial charge in [0.1, 0.15) is 6.54 Å². The van der Waals surface area contributed by atoms with Crippen LogP contribution in [0.5, 0.6) is 0 Å². The molecule has 1 aromatic carbocycles. The highest BCUT2D eigenvalue weighted by atomic mass is 16.5. The quantitative estimate of drug-likeness (QED) is 0.580. The molecule has 1 aliphatic carbocycles. The van der Waals surface area contributed by atoms with E-state index in [9.17, 15) is 19.2 Å². The number of carbonyl (C=O) groups is 4. The fourth-order valence-corrected chi connectivity index (χ4v) is 3.83. The van der Waals surface area contributed by atoms with E-state index in [0.717, 1.165) is 30.6 Å². The third kappa shape index (κ3) is 3.94. The van der Waals surface area contributed by atoms with Crippen LogP contribution in [0.25, 0.3) is 0 Å². The Morgan fingerprint density at radius 2 is 1.73 bits per heavy atom. The number of fused-ring (bicyclic) bond motifs is 1. The largest absolute Gasteiger partial charge is 0.446 e. The molecule has 154 valence electrons. The van der Waals surface area contributed by atoms with Gasteiger partial charge in [0.05, 0.1) is 11.1 Å². The van der Waals surface area contributed by atoms with Gasteiger partial charge in [0.15, 0.2) is 0 Å². The van der Waals surface area contributed by atoms with Gasteiger partial charge in [0.2, 0.25) is 6.10 Å². The van der Waals surface area contributed by atoms with Crippen LogP contribution in [0, 0.1) is 0 Å². The Bertz CT molecular complexity index is 950. The van der Waals surface area contributed by atoms with Crippen molar-refractivity contribution < 1.29 is 23.9 Å². The second-order valence-electron chi connectivity index (χ2n) is 7.39. The lowest BCUT2D eigenvalue weighted by Gasteiger charge is -2.21. The number of hydrogen-bond acceptors (Lipinski definition) is 6. The standard InChI is InChI=1S/C22H21N3O5/c26-18(13-25-21(28)16-9-3-4-10-17(16)22(25)29)30-19(14-6-5-11-23-12-14)20(27)24-15-7-1-2-8-15/h3-6,9-12,15,19H,1-2,7-8,13H2,(H,24,27)/t19-/m1/s1. The van der Waals surface area contributed by atoms with E-state index < -0.39 is 36.3 Å². The zero-order valence-corrected chi connectivity index (χ0v) is 16.2. The van der Waals surface area contributed by atoms with Crippen molar-refractivity contribution in [2.75, 3.05) is 6.54 Å². The van der Waals surface area contributed by atoms with E-state index in [1.165, 1.54) is 18.3 Å². The molecule has 8 nitrogen and oxygen atoms in total. The predicted octanol–water partition coefficient (Wildman–Crippen LogP) is 2.02. The fraction of sp³-hybridized carbons (Fsp3) is 0.318. The number of esters is 1. The lowest BCUT2D eigenvalue weighted by atomic mass is 10.1. The van der Waals surface area contributed by atoms with Gasteiger partial charge in [0.25, 0.3) is 17.7 Å². The lowest BCUT2D eigenvalue weighted by molar-refractivity contribution is -0.156. The molecule has 2 heterocycles. The number of amides is 3. The van der Waals surface area contributed by atoms with Crippen molar-refractivity contribution in [2.24, 2.45) is 0 Å². The molecule has 0 bridgehead atoms. The molecule has 0 spiro atoms. The number of nitrogens with one attached hydrogen (secondary N) is 1. The minimum atomic E-state index is -1.21. The fourth-order valence-electron chi connectivity index (χ4n) is 3.83. The van der Waals surface area contributed by atoms with Gasteiger partial charge in [-0.1, -0.05) is 31.0 Å². The lowest BCUT2D eigenvalue weighted by Crippen LogP contribution is -2.40. The summed E-state index contributed by atoms with van der Waals surface area (Å²) in [6.07, 6.45) is 5.65.